The van der Waals surface area contributed by atoms with Crippen molar-refractivity contribution in [2.24, 2.45) is 0 Å². The Kier molecular flexibility index (Phi) is 7.23. The summed E-state index contributed by atoms with van der Waals surface area (Å²) in [5, 5.41) is 15.1. The lowest BCUT2D eigenvalue weighted by Crippen LogP contribution is -2.40. The topological polar surface area (TPSA) is 132 Å². The van der Waals surface area contributed by atoms with Gasteiger partial charge in [0.15, 0.2) is 0 Å². The van der Waals surface area contributed by atoms with E-state index in [1.165, 1.54) is 21.2 Å². The monoisotopic (exact) mass is 513 g/mol. The molecule has 2 saturated heterocycles. The quantitative estimate of drug-likeness (QED) is 0.488. The fourth-order valence-corrected chi connectivity index (χ4v) is 5.45. The fraction of sp³-hybridized carbons (Fsp3) is 0.391. The Labute approximate surface area is 208 Å². The van der Waals surface area contributed by atoms with Crippen molar-refractivity contribution in [1.82, 2.24) is 24.5 Å². The number of hydrogen-bond acceptors (Lipinski definition) is 9. The minimum Gasteiger partial charge on any atom is -0.379 e. The first-order chi connectivity index (χ1) is 17.5. The molecule has 2 aromatic carbocycles. The molecule has 0 spiro atoms. The van der Waals surface area contributed by atoms with E-state index in [0.29, 0.717) is 37.8 Å². The number of amides is 1. The van der Waals surface area contributed by atoms with Gasteiger partial charge < -0.3 is 19.7 Å². The molecule has 3 heterocycles. The summed E-state index contributed by atoms with van der Waals surface area (Å²) < 4.78 is 37.5. The van der Waals surface area contributed by atoms with Crippen molar-refractivity contribution in [2.75, 3.05) is 62.8 Å². The van der Waals surface area contributed by atoms with Crippen LogP contribution in [0.25, 0.3) is 11.4 Å². The van der Waals surface area contributed by atoms with E-state index < -0.39 is 10.0 Å². The number of carbonyl (C=O) groups excluding carboxylic acids is 1. The van der Waals surface area contributed by atoms with Crippen LogP contribution in [0, 0.1) is 0 Å². The van der Waals surface area contributed by atoms with E-state index >= 15 is 0 Å². The third-order valence-corrected chi connectivity index (χ3v) is 7.90. The zero-order valence-corrected chi connectivity index (χ0v) is 20.4. The van der Waals surface area contributed by atoms with Crippen LogP contribution in [-0.2, 0) is 30.8 Å². The molecule has 2 aliphatic rings. The highest BCUT2D eigenvalue weighted by Gasteiger charge is 2.26. The summed E-state index contributed by atoms with van der Waals surface area (Å²) >= 11 is 0. The molecule has 0 atom stereocenters. The number of hydrogen-bond donors (Lipinski definition) is 1. The first-order valence-electron chi connectivity index (χ1n) is 11.7. The Bertz CT molecular complexity index is 1280. The predicted octanol–water partition coefficient (Wildman–Crippen LogP) is 0.836. The third kappa shape index (κ3) is 5.54. The molecule has 13 heteroatoms. The van der Waals surface area contributed by atoms with Gasteiger partial charge in [-0.15, -0.1) is 10.2 Å². The van der Waals surface area contributed by atoms with Crippen LogP contribution in [0.1, 0.15) is 0 Å². The van der Waals surface area contributed by atoms with Crippen molar-refractivity contribution in [3.05, 3.63) is 48.5 Å². The van der Waals surface area contributed by atoms with E-state index in [2.05, 4.69) is 25.6 Å². The zero-order chi connectivity index (χ0) is 25.0. The summed E-state index contributed by atoms with van der Waals surface area (Å²) in [5.41, 5.74) is 2.38. The summed E-state index contributed by atoms with van der Waals surface area (Å²) in [6.45, 7) is 4.43. The average molecular weight is 514 g/mol. The largest absolute Gasteiger partial charge is 0.379 e. The molecule has 12 nitrogen and oxygen atoms in total. The smallest absolute Gasteiger partial charge is 0.248 e. The van der Waals surface area contributed by atoms with E-state index in [4.69, 9.17) is 9.47 Å². The molecule has 0 unspecified atom stereocenters. The van der Waals surface area contributed by atoms with E-state index in [9.17, 15) is 13.2 Å². The molecule has 0 saturated carbocycles. The predicted molar refractivity (Wildman–Crippen MR) is 131 cm³/mol. The normalized spacial score (nSPS) is 17.2. The molecule has 36 heavy (non-hydrogen) atoms. The molecule has 0 bridgehead atoms. The zero-order valence-electron chi connectivity index (χ0n) is 19.6. The molecule has 2 aliphatic heterocycles. The standard InChI is InChI=1S/C23H27N7O5S/c31-22(24-19-3-7-21(8-4-19)36(32,33)29-11-15-35-16-12-29)17-30-26-23(25-27-30)18-1-5-20(6-2-18)28-9-13-34-14-10-28/h1-8H,9-17H2,(H,24,31). The van der Waals surface area contributed by atoms with Crippen molar-refractivity contribution in [2.45, 2.75) is 11.4 Å². The number of rotatable bonds is 7. The van der Waals surface area contributed by atoms with Gasteiger partial charge in [0.2, 0.25) is 21.8 Å². The molecular formula is C23H27N7O5S. The van der Waals surface area contributed by atoms with Crippen LogP contribution >= 0.6 is 0 Å². The Hall–Kier alpha value is -3.39. The number of ether oxygens (including phenoxy) is 2. The van der Waals surface area contributed by atoms with Gasteiger partial charge in [-0.2, -0.15) is 9.10 Å². The van der Waals surface area contributed by atoms with Crippen LogP contribution in [0.5, 0.6) is 0 Å². The maximum Gasteiger partial charge on any atom is 0.248 e. The number of nitrogens with one attached hydrogen (secondary N) is 1. The van der Waals surface area contributed by atoms with Gasteiger partial charge in [-0.25, -0.2) is 8.42 Å². The first-order valence-corrected chi connectivity index (χ1v) is 13.1. The van der Waals surface area contributed by atoms with Crippen molar-refractivity contribution in [3.8, 4) is 11.4 Å². The van der Waals surface area contributed by atoms with E-state index in [0.717, 1.165) is 37.6 Å². The highest BCUT2D eigenvalue weighted by molar-refractivity contribution is 7.89. The molecule has 0 aliphatic carbocycles. The summed E-state index contributed by atoms with van der Waals surface area (Å²) in [5.74, 6) is 0.0689. The summed E-state index contributed by atoms with van der Waals surface area (Å²) in [6, 6.07) is 14.0. The third-order valence-electron chi connectivity index (χ3n) is 5.99. The highest BCUT2D eigenvalue weighted by atomic mass is 32.2. The van der Waals surface area contributed by atoms with Gasteiger partial charge in [0.05, 0.1) is 31.3 Å². The van der Waals surface area contributed by atoms with Gasteiger partial charge in [0.25, 0.3) is 0 Å². The number of aromatic nitrogens is 4. The van der Waals surface area contributed by atoms with Crippen LogP contribution in [0.2, 0.25) is 0 Å². The lowest BCUT2D eigenvalue weighted by molar-refractivity contribution is -0.117. The SMILES string of the molecule is O=C(Cn1nnc(-c2ccc(N3CCOCC3)cc2)n1)Nc1ccc(S(=O)(=O)N2CCOCC2)cc1. The van der Waals surface area contributed by atoms with E-state index in [1.807, 2.05) is 24.3 Å². The maximum atomic E-state index is 12.7. The number of sulfonamides is 1. The van der Waals surface area contributed by atoms with Gasteiger partial charge in [-0.3, -0.25) is 4.79 Å². The maximum absolute atomic E-state index is 12.7. The number of benzene rings is 2. The Morgan fingerprint density at radius 2 is 1.53 bits per heavy atom. The summed E-state index contributed by atoms with van der Waals surface area (Å²) in [4.78, 5) is 16.1. The molecule has 190 valence electrons. The number of morpholine rings is 2. The van der Waals surface area contributed by atoms with Gasteiger partial charge in [0.1, 0.15) is 6.54 Å². The number of anilines is 2. The second-order valence-electron chi connectivity index (χ2n) is 8.38. The minimum atomic E-state index is -3.59. The second kappa shape index (κ2) is 10.7. The lowest BCUT2D eigenvalue weighted by Gasteiger charge is -2.28. The molecule has 5 rings (SSSR count). The van der Waals surface area contributed by atoms with Crippen molar-refractivity contribution in [3.63, 3.8) is 0 Å². The van der Waals surface area contributed by atoms with Crippen molar-refractivity contribution >= 4 is 27.3 Å². The molecule has 0 radical (unpaired) electrons. The lowest BCUT2D eigenvalue weighted by atomic mass is 10.2. The fourth-order valence-electron chi connectivity index (χ4n) is 4.04. The Morgan fingerprint density at radius 1 is 0.889 bits per heavy atom. The minimum absolute atomic E-state index is 0.132. The molecule has 3 aromatic rings. The first kappa shape index (κ1) is 24.3. The van der Waals surface area contributed by atoms with Gasteiger partial charge >= 0.3 is 0 Å². The van der Waals surface area contributed by atoms with Crippen LogP contribution in [0.3, 0.4) is 0 Å². The van der Waals surface area contributed by atoms with E-state index in [1.54, 1.807) is 12.1 Å². The second-order valence-corrected chi connectivity index (χ2v) is 10.3. The van der Waals surface area contributed by atoms with E-state index in [-0.39, 0.29) is 17.3 Å². The Balaban J connectivity index is 1.17. The average Bonchev–Trinajstić information content (AvgIpc) is 3.38. The van der Waals surface area contributed by atoms with Crippen molar-refractivity contribution in [1.29, 1.82) is 0 Å². The van der Waals surface area contributed by atoms with Crippen LogP contribution in [0.15, 0.2) is 53.4 Å². The molecular weight excluding hydrogens is 486 g/mol. The summed E-state index contributed by atoms with van der Waals surface area (Å²) in [7, 11) is -3.59. The van der Waals surface area contributed by atoms with Gasteiger partial charge in [0, 0.05) is 43.1 Å². The van der Waals surface area contributed by atoms with Crippen LogP contribution in [-0.4, -0.2) is 91.4 Å². The Morgan fingerprint density at radius 3 is 2.19 bits per heavy atom. The number of tetrazole rings is 1. The molecule has 1 amide bonds. The molecule has 1 aromatic heterocycles. The highest BCUT2D eigenvalue weighted by Crippen LogP contribution is 2.22. The van der Waals surface area contributed by atoms with Gasteiger partial charge in [-0.1, -0.05) is 0 Å². The number of nitrogens with zero attached hydrogens (tertiary/aromatic N) is 6. The van der Waals surface area contributed by atoms with Gasteiger partial charge in [-0.05, 0) is 53.7 Å². The van der Waals surface area contributed by atoms with Crippen molar-refractivity contribution < 1.29 is 22.7 Å². The molecule has 2 fully saturated rings. The number of carbonyl (C=O) groups is 1. The summed E-state index contributed by atoms with van der Waals surface area (Å²) in [6.07, 6.45) is 0. The van der Waals surface area contributed by atoms with Crippen LogP contribution < -0.4 is 10.2 Å². The van der Waals surface area contributed by atoms with Crippen LogP contribution in [0.4, 0.5) is 11.4 Å². The molecule has 1 N–H and O–H groups in total.